The standard InChI is InChI=1S/C19H24ClNO/c1-14-10-15(2)19(22-4)17(11-14)18(20)13-21(3)12-16-8-6-5-7-9-16/h5-11,18H,12-13H2,1-4H3. The Morgan fingerprint density at radius 3 is 2.45 bits per heavy atom. The van der Waals surface area contributed by atoms with Gasteiger partial charge in [-0.05, 0) is 32.0 Å². The number of ether oxygens (including phenoxy) is 1. The summed E-state index contributed by atoms with van der Waals surface area (Å²) in [6.07, 6.45) is 0. The van der Waals surface area contributed by atoms with Crippen molar-refractivity contribution in [3.8, 4) is 5.75 Å². The largest absolute Gasteiger partial charge is 0.496 e. The highest BCUT2D eigenvalue weighted by molar-refractivity contribution is 6.21. The highest BCUT2D eigenvalue weighted by Crippen LogP contribution is 2.34. The van der Waals surface area contributed by atoms with Crippen molar-refractivity contribution in [3.63, 3.8) is 0 Å². The highest BCUT2D eigenvalue weighted by Gasteiger charge is 2.18. The van der Waals surface area contributed by atoms with E-state index in [1.165, 1.54) is 11.1 Å². The number of likely N-dealkylation sites (N-methyl/N-ethyl adjacent to an activating group) is 1. The van der Waals surface area contributed by atoms with Crippen molar-refractivity contribution in [1.82, 2.24) is 4.90 Å². The fraction of sp³-hybridized carbons (Fsp3) is 0.368. The minimum Gasteiger partial charge on any atom is -0.496 e. The van der Waals surface area contributed by atoms with Crippen LogP contribution < -0.4 is 4.74 Å². The molecule has 2 nitrogen and oxygen atoms in total. The molecule has 2 aromatic carbocycles. The average molecular weight is 318 g/mol. The van der Waals surface area contributed by atoms with Crippen LogP contribution >= 0.6 is 11.6 Å². The Kier molecular flexibility index (Phi) is 5.87. The van der Waals surface area contributed by atoms with E-state index in [9.17, 15) is 0 Å². The van der Waals surface area contributed by atoms with Crippen LogP contribution in [0.3, 0.4) is 0 Å². The first-order chi connectivity index (χ1) is 10.5. The maximum atomic E-state index is 6.67. The van der Waals surface area contributed by atoms with E-state index in [0.29, 0.717) is 0 Å². The van der Waals surface area contributed by atoms with Crippen LogP contribution in [-0.4, -0.2) is 25.6 Å². The van der Waals surface area contributed by atoms with E-state index in [2.05, 4.69) is 62.2 Å². The molecule has 1 atom stereocenters. The molecule has 3 heteroatoms. The molecule has 0 fully saturated rings. The number of aryl methyl sites for hydroxylation is 2. The number of alkyl halides is 1. The number of hydrogen-bond donors (Lipinski definition) is 0. The topological polar surface area (TPSA) is 12.5 Å². The summed E-state index contributed by atoms with van der Waals surface area (Å²) in [6.45, 7) is 5.81. The number of halogens is 1. The third-order valence-electron chi connectivity index (χ3n) is 3.76. The predicted octanol–water partition coefficient (Wildman–Crippen LogP) is 4.72. The van der Waals surface area contributed by atoms with E-state index < -0.39 is 0 Å². The molecule has 22 heavy (non-hydrogen) atoms. The number of methoxy groups -OCH3 is 1. The Labute approximate surface area is 138 Å². The van der Waals surface area contributed by atoms with Gasteiger partial charge in [0.2, 0.25) is 0 Å². The summed E-state index contributed by atoms with van der Waals surface area (Å²) >= 11 is 6.67. The van der Waals surface area contributed by atoms with Gasteiger partial charge in [-0.1, -0.05) is 48.0 Å². The summed E-state index contributed by atoms with van der Waals surface area (Å²) < 4.78 is 5.55. The molecule has 2 aromatic rings. The molecule has 0 spiro atoms. The van der Waals surface area contributed by atoms with Crippen LogP contribution in [0.2, 0.25) is 0 Å². The summed E-state index contributed by atoms with van der Waals surface area (Å²) in [5, 5.41) is -0.0951. The molecule has 0 heterocycles. The van der Waals surface area contributed by atoms with Gasteiger partial charge >= 0.3 is 0 Å². The molecule has 0 amide bonds. The first-order valence-corrected chi connectivity index (χ1v) is 7.96. The fourth-order valence-corrected chi connectivity index (χ4v) is 3.23. The first-order valence-electron chi connectivity index (χ1n) is 7.53. The van der Waals surface area contributed by atoms with Crippen molar-refractivity contribution in [2.24, 2.45) is 0 Å². The zero-order valence-electron chi connectivity index (χ0n) is 13.8. The van der Waals surface area contributed by atoms with E-state index in [0.717, 1.165) is 30.0 Å². The maximum absolute atomic E-state index is 6.67. The van der Waals surface area contributed by atoms with Crippen LogP contribution in [0.4, 0.5) is 0 Å². The zero-order valence-corrected chi connectivity index (χ0v) is 14.5. The van der Waals surface area contributed by atoms with Crippen molar-refractivity contribution in [2.45, 2.75) is 25.8 Å². The van der Waals surface area contributed by atoms with E-state index in [-0.39, 0.29) is 5.38 Å². The molecule has 0 radical (unpaired) electrons. The normalized spacial score (nSPS) is 12.5. The van der Waals surface area contributed by atoms with Gasteiger partial charge < -0.3 is 9.64 Å². The average Bonchev–Trinajstić information content (AvgIpc) is 2.47. The van der Waals surface area contributed by atoms with Crippen LogP contribution in [0.1, 0.15) is 27.6 Å². The summed E-state index contributed by atoms with van der Waals surface area (Å²) in [4.78, 5) is 2.24. The minimum atomic E-state index is -0.0951. The van der Waals surface area contributed by atoms with Gasteiger partial charge in [-0.25, -0.2) is 0 Å². The molecule has 0 saturated heterocycles. The summed E-state index contributed by atoms with van der Waals surface area (Å²) in [5.74, 6) is 0.902. The van der Waals surface area contributed by atoms with Gasteiger partial charge in [0.05, 0.1) is 12.5 Å². The molecule has 2 rings (SSSR count). The van der Waals surface area contributed by atoms with Crippen LogP contribution in [0.5, 0.6) is 5.75 Å². The lowest BCUT2D eigenvalue weighted by atomic mass is 10.0. The van der Waals surface area contributed by atoms with Crippen molar-refractivity contribution in [2.75, 3.05) is 20.7 Å². The van der Waals surface area contributed by atoms with Crippen LogP contribution in [0.15, 0.2) is 42.5 Å². The van der Waals surface area contributed by atoms with Gasteiger partial charge in [-0.2, -0.15) is 0 Å². The monoisotopic (exact) mass is 317 g/mol. The highest BCUT2D eigenvalue weighted by atomic mass is 35.5. The quantitative estimate of drug-likeness (QED) is 0.714. The molecule has 0 aliphatic heterocycles. The lowest BCUT2D eigenvalue weighted by molar-refractivity contribution is 0.323. The summed E-state index contributed by atoms with van der Waals surface area (Å²) in [5.41, 5.74) is 4.71. The molecule has 0 bridgehead atoms. The summed E-state index contributed by atoms with van der Waals surface area (Å²) in [6, 6.07) is 14.7. The molecule has 0 saturated carbocycles. The van der Waals surface area contributed by atoms with Crippen molar-refractivity contribution < 1.29 is 4.74 Å². The predicted molar refractivity (Wildman–Crippen MR) is 93.8 cm³/mol. The molecule has 0 aliphatic rings. The number of nitrogens with zero attached hydrogens (tertiary/aromatic N) is 1. The lowest BCUT2D eigenvalue weighted by Gasteiger charge is -2.23. The maximum Gasteiger partial charge on any atom is 0.126 e. The molecular formula is C19H24ClNO. The van der Waals surface area contributed by atoms with Crippen LogP contribution in [0, 0.1) is 13.8 Å². The SMILES string of the molecule is COc1c(C)cc(C)cc1C(Cl)CN(C)Cc1ccccc1. The molecule has 118 valence electrons. The van der Waals surface area contributed by atoms with E-state index in [4.69, 9.17) is 16.3 Å². The van der Waals surface area contributed by atoms with Gasteiger partial charge in [0.25, 0.3) is 0 Å². The van der Waals surface area contributed by atoms with Crippen LogP contribution in [-0.2, 0) is 6.54 Å². The molecule has 1 unspecified atom stereocenters. The molecule has 0 aliphatic carbocycles. The number of rotatable bonds is 6. The molecular weight excluding hydrogens is 294 g/mol. The van der Waals surface area contributed by atoms with Crippen LogP contribution in [0.25, 0.3) is 0 Å². The van der Waals surface area contributed by atoms with E-state index in [1.807, 2.05) is 6.07 Å². The Morgan fingerprint density at radius 1 is 1.14 bits per heavy atom. The first kappa shape index (κ1) is 16.9. The third kappa shape index (κ3) is 4.25. The van der Waals surface area contributed by atoms with Crippen molar-refractivity contribution >= 4 is 11.6 Å². The second-order valence-electron chi connectivity index (χ2n) is 5.85. The smallest absolute Gasteiger partial charge is 0.126 e. The summed E-state index contributed by atoms with van der Waals surface area (Å²) in [7, 11) is 3.80. The fourth-order valence-electron chi connectivity index (χ4n) is 2.83. The Bertz CT molecular complexity index is 612. The van der Waals surface area contributed by atoms with Crippen molar-refractivity contribution in [1.29, 1.82) is 0 Å². The second-order valence-corrected chi connectivity index (χ2v) is 6.38. The van der Waals surface area contributed by atoms with Gasteiger partial charge in [-0.15, -0.1) is 11.6 Å². The Morgan fingerprint density at radius 2 is 1.82 bits per heavy atom. The Balaban J connectivity index is 2.10. The third-order valence-corrected chi connectivity index (χ3v) is 4.13. The van der Waals surface area contributed by atoms with Gasteiger partial charge in [-0.3, -0.25) is 0 Å². The van der Waals surface area contributed by atoms with Gasteiger partial charge in [0.15, 0.2) is 0 Å². The minimum absolute atomic E-state index is 0.0951. The number of benzene rings is 2. The van der Waals surface area contributed by atoms with E-state index in [1.54, 1.807) is 7.11 Å². The van der Waals surface area contributed by atoms with Crippen molar-refractivity contribution in [3.05, 3.63) is 64.7 Å². The second kappa shape index (κ2) is 7.66. The molecule has 0 N–H and O–H groups in total. The van der Waals surface area contributed by atoms with E-state index >= 15 is 0 Å². The zero-order chi connectivity index (χ0) is 16.1. The van der Waals surface area contributed by atoms with Gasteiger partial charge in [0.1, 0.15) is 5.75 Å². The Hall–Kier alpha value is -1.51. The number of hydrogen-bond acceptors (Lipinski definition) is 2. The lowest BCUT2D eigenvalue weighted by Crippen LogP contribution is -2.22. The molecule has 0 aromatic heterocycles. The van der Waals surface area contributed by atoms with Gasteiger partial charge in [0, 0.05) is 18.7 Å².